The van der Waals surface area contributed by atoms with Crippen molar-refractivity contribution < 1.29 is 14.6 Å². The molecule has 0 aromatic heterocycles. The Bertz CT molecular complexity index is 398. The minimum Gasteiger partial charge on any atom is -0.464 e. The van der Waals surface area contributed by atoms with E-state index in [9.17, 15) is 14.9 Å². The highest BCUT2D eigenvalue weighted by Crippen LogP contribution is 2.24. The van der Waals surface area contributed by atoms with E-state index in [1.165, 1.54) is 6.42 Å². The predicted octanol–water partition coefficient (Wildman–Crippen LogP) is 0.0674. The summed E-state index contributed by atoms with van der Waals surface area (Å²) in [6, 6.07) is 0. The fraction of sp³-hybridized carbons (Fsp3) is 0.833. The number of carbonyl (C=O) groups excluding carboxylic acids is 1. The van der Waals surface area contributed by atoms with Crippen LogP contribution in [0.15, 0.2) is 5.10 Å². The van der Waals surface area contributed by atoms with Gasteiger partial charge in [-0.1, -0.05) is 19.3 Å². The molecule has 0 bridgehead atoms. The lowest BCUT2D eigenvalue weighted by molar-refractivity contribution is -0.485. The number of esters is 1. The average Bonchev–Trinajstić information content (AvgIpc) is 2.49. The summed E-state index contributed by atoms with van der Waals surface area (Å²) >= 11 is 0. The summed E-state index contributed by atoms with van der Waals surface area (Å²) in [6.45, 7) is 1.77. The number of ether oxygens (including phenoxy) is 1. The van der Waals surface area contributed by atoms with Crippen molar-refractivity contribution in [3.8, 4) is 0 Å². The minimum absolute atomic E-state index is 0.0650. The van der Waals surface area contributed by atoms with E-state index in [0.717, 1.165) is 25.7 Å². The molecule has 0 unspecified atom stereocenters. The molecule has 0 radical (unpaired) electrons. The summed E-state index contributed by atoms with van der Waals surface area (Å²) < 4.78 is 5.30. The summed E-state index contributed by atoms with van der Waals surface area (Å²) in [7, 11) is 0. The Balaban J connectivity index is 1.61. The molecule has 1 heterocycles. The summed E-state index contributed by atoms with van der Waals surface area (Å²) in [6.07, 6.45) is 5.30. The molecule has 2 aliphatic rings. The first-order valence-electron chi connectivity index (χ1n) is 7.25. The zero-order chi connectivity index (χ0) is 15.1. The first-order valence-corrected chi connectivity index (χ1v) is 7.25. The van der Waals surface area contributed by atoms with Crippen molar-refractivity contribution in [3.05, 3.63) is 10.1 Å². The maximum Gasteiger partial charge on any atom is 0.308 e. The van der Waals surface area contributed by atoms with Gasteiger partial charge in [0.05, 0.1) is 19.3 Å². The first-order chi connectivity index (χ1) is 10.1. The van der Waals surface area contributed by atoms with Gasteiger partial charge in [-0.25, -0.2) is 10.1 Å². The highest BCUT2D eigenvalue weighted by Gasteiger charge is 2.23. The Morgan fingerprint density at radius 3 is 2.62 bits per heavy atom. The van der Waals surface area contributed by atoms with Crippen molar-refractivity contribution >= 4 is 11.9 Å². The summed E-state index contributed by atoms with van der Waals surface area (Å²) in [5, 5.41) is 18.2. The molecule has 2 fully saturated rings. The number of hydrazone groups is 1. The summed E-state index contributed by atoms with van der Waals surface area (Å²) in [4.78, 5) is 24.0. The van der Waals surface area contributed by atoms with Gasteiger partial charge in [0, 0.05) is 6.54 Å². The average molecular weight is 299 g/mol. The summed E-state index contributed by atoms with van der Waals surface area (Å²) in [5.74, 6) is 0.119. The third kappa shape index (κ3) is 5.18. The lowest BCUT2D eigenvalue weighted by atomic mass is 9.89. The molecule has 1 aliphatic heterocycles. The zero-order valence-electron chi connectivity index (χ0n) is 11.9. The lowest BCUT2D eigenvalue weighted by Gasteiger charge is -2.28. The molecule has 0 spiro atoms. The van der Waals surface area contributed by atoms with Crippen LogP contribution in [0.2, 0.25) is 0 Å². The van der Waals surface area contributed by atoms with Gasteiger partial charge in [-0.2, -0.15) is 0 Å². The molecular formula is C12H21N5O4. The van der Waals surface area contributed by atoms with Crippen LogP contribution < -0.4 is 10.6 Å². The third-order valence-electron chi connectivity index (χ3n) is 3.71. The van der Waals surface area contributed by atoms with E-state index in [0.29, 0.717) is 26.5 Å². The highest BCUT2D eigenvalue weighted by molar-refractivity contribution is 5.79. The van der Waals surface area contributed by atoms with Gasteiger partial charge in [-0.3, -0.25) is 9.69 Å². The number of nitrogens with one attached hydrogen (secondary N) is 2. The number of rotatable bonds is 5. The second-order valence-corrected chi connectivity index (χ2v) is 5.25. The van der Waals surface area contributed by atoms with E-state index in [1.807, 2.05) is 4.90 Å². The van der Waals surface area contributed by atoms with Gasteiger partial charge >= 0.3 is 5.97 Å². The highest BCUT2D eigenvalue weighted by atomic mass is 16.7. The molecule has 118 valence electrons. The molecule has 9 heteroatoms. The molecule has 2 rings (SSSR count). The Labute approximate surface area is 122 Å². The number of hydrogen-bond donors (Lipinski definition) is 2. The molecule has 0 aromatic carbocycles. The molecule has 1 saturated carbocycles. The van der Waals surface area contributed by atoms with Gasteiger partial charge in [-0.05, 0) is 12.8 Å². The van der Waals surface area contributed by atoms with Crippen molar-refractivity contribution in [2.45, 2.75) is 32.1 Å². The van der Waals surface area contributed by atoms with Crippen LogP contribution in [-0.2, 0) is 9.53 Å². The SMILES string of the molecule is O=C(OCCN1CNC(=N[N+](=O)[O-])NC1)C1CCCCC1. The van der Waals surface area contributed by atoms with Gasteiger partial charge < -0.3 is 15.4 Å². The Morgan fingerprint density at radius 2 is 2.00 bits per heavy atom. The lowest BCUT2D eigenvalue weighted by Crippen LogP contribution is -2.55. The zero-order valence-corrected chi connectivity index (χ0v) is 11.9. The fourth-order valence-electron chi connectivity index (χ4n) is 2.53. The van der Waals surface area contributed by atoms with E-state index in [2.05, 4.69) is 15.7 Å². The van der Waals surface area contributed by atoms with E-state index in [4.69, 9.17) is 4.74 Å². The molecule has 0 aromatic rings. The fourth-order valence-corrected chi connectivity index (χ4v) is 2.53. The largest absolute Gasteiger partial charge is 0.464 e. The normalized spacial score (nSPS) is 20.3. The second-order valence-electron chi connectivity index (χ2n) is 5.25. The molecule has 1 saturated heterocycles. The smallest absolute Gasteiger partial charge is 0.308 e. The standard InChI is InChI=1S/C12H21N5O4/c18-11(10-4-2-1-3-5-10)21-7-6-16-8-13-12(14-9-16)15-17(19)20/h10H,1-9H2,(H2,13,14,15). The van der Waals surface area contributed by atoms with E-state index in [1.54, 1.807) is 0 Å². The second kappa shape index (κ2) is 7.77. The maximum atomic E-state index is 11.8. The van der Waals surface area contributed by atoms with Crippen molar-refractivity contribution in [2.75, 3.05) is 26.5 Å². The minimum atomic E-state index is -0.753. The predicted molar refractivity (Wildman–Crippen MR) is 74.7 cm³/mol. The Hall–Kier alpha value is -1.90. The monoisotopic (exact) mass is 299 g/mol. The number of guanidine groups is 1. The van der Waals surface area contributed by atoms with Crippen molar-refractivity contribution in [1.82, 2.24) is 15.5 Å². The van der Waals surface area contributed by atoms with Crippen LogP contribution in [0.4, 0.5) is 0 Å². The molecule has 1 aliphatic carbocycles. The van der Waals surface area contributed by atoms with E-state index < -0.39 is 5.03 Å². The topological polar surface area (TPSA) is 109 Å². The number of nitro groups is 1. The first kappa shape index (κ1) is 15.5. The van der Waals surface area contributed by atoms with Crippen molar-refractivity contribution in [3.63, 3.8) is 0 Å². The Kier molecular flexibility index (Phi) is 5.73. The van der Waals surface area contributed by atoms with Crippen LogP contribution in [-0.4, -0.2) is 48.4 Å². The van der Waals surface area contributed by atoms with Crippen molar-refractivity contribution in [2.24, 2.45) is 11.0 Å². The molecular weight excluding hydrogens is 278 g/mol. The third-order valence-corrected chi connectivity index (χ3v) is 3.71. The quantitative estimate of drug-likeness (QED) is 0.420. The van der Waals surface area contributed by atoms with Crippen LogP contribution in [0, 0.1) is 16.0 Å². The molecule has 0 amide bonds. The van der Waals surface area contributed by atoms with E-state index in [-0.39, 0.29) is 17.8 Å². The van der Waals surface area contributed by atoms with Crippen LogP contribution in [0.5, 0.6) is 0 Å². The van der Waals surface area contributed by atoms with Crippen molar-refractivity contribution in [1.29, 1.82) is 0 Å². The molecule has 2 N–H and O–H groups in total. The molecule has 21 heavy (non-hydrogen) atoms. The van der Waals surface area contributed by atoms with Crippen LogP contribution in [0.3, 0.4) is 0 Å². The summed E-state index contributed by atoms with van der Waals surface area (Å²) in [5.41, 5.74) is 0. The van der Waals surface area contributed by atoms with Gasteiger partial charge in [0.1, 0.15) is 11.7 Å². The number of hydrogen-bond acceptors (Lipinski definition) is 5. The molecule has 9 nitrogen and oxygen atoms in total. The molecule has 0 atom stereocenters. The van der Waals surface area contributed by atoms with Crippen LogP contribution in [0.1, 0.15) is 32.1 Å². The van der Waals surface area contributed by atoms with Gasteiger partial charge in [0.25, 0.3) is 5.96 Å². The van der Waals surface area contributed by atoms with Crippen LogP contribution >= 0.6 is 0 Å². The van der Waals surface area contributed by atoms with Gasteiger partial charge in [-0.15, -0.1) is 0 Å². The van der Waals surface area contributed by atoms with E-state index >= 15 is 0 Å². The number of carbonyl (C=O) groups is 1. The number of nitrogens with zero attached hydrogens (tertiary/aromatic N) is 3. The Morgan fingerprint density at radius 1 is 1.33 bits per heavy atom. The maximum absolute atomic E-state index is 11.8. The van der Waals surface area contributed by atoms with Crippen LogP contribution in [0.25, 0.3) is 0 Å². The van der Waals surface area contributed by atoms with Gasteiger partial charge in [0.2, 0.25) is 0 Å². The van der Waals surface area contributed by atoms with Gasteiger partial charge in [0.15, 0.2) is 5.03 Å².